The number of hydrogen-bond acceptors (Lipinski definition) is 6. The summed E-state index contributed by atoms with van der Waals surface area (Å²) in [5.41, 5.74) is 0.109. The molecule has 0 aliphatic carbocycles. The minimum absolute atomic E-state index is 0.00448. The average molecular weight is 287 g/mol. The Labute approximate surface area is 115 Å². The van der Waals surface area contributed by atoms with Crippen molar-refractivity contribution < 1.29 is 9.66 Å². The van der Waals surface area contributed by atoms with Gasteiger partial charge in [0.15, 0.2) is 0 Å². The summed E-state index contributed by atoms with van der Waals surface area (Å²) in [5.74, 6) is 0.150. The molecule has 0 amide bonds. The number of rotatable bonds is 4. The molecule has 0 aromatic carbocycles. The lowest BCUT2D eigenvalue weighted by Gasteiger charge is -2.22. The molecule has 1 aliphatic rings. The maximum absolute atomic E-state index is 11.0. The minimum atomic E-state index is -0.504. The highest BCUT2D eigenvalue weighted by molar-refractivity contribution is 6.28. The standard InChI is InChI=1S/C11H15ClN4O3/c1-7-9(16(17)18)10(15-11(12)14-7)13-6-8-4-2-3-5-19-8/h8H,2-6H2,1H3,(H,13,14,15). The van der Waals surface area contributed by atoms with Gasteiger partial charge < -0.3 is 10.1 Å². The SMILES string of the molecule is Cc1nc(Cl)nc(NCC2CCCCO2)c1[N+](=O)[O-]. The molecule has 0 bridgehead atoms. The first-order valence-electron chi connectivity index (χ1n) is 6.12. The van der Waals surface area contributed by atoms with Crippen molar-refractivity contribution in [1.82, 2.24) is 9.97 Å². The number of nitro groups is 1. The van der Waals surface area contributed by atoms with Gasteiger partial charge in [0, 0.05) is 13.2 Å². The van der Waals surface area contributed by atoms with Crippen LogP contribution in [-0.4, -0.2) is 34.1 Å². The molecule has 1 N–H and O–H groups in total. The molecular formula is C11H15ClN4O3. The predicted molar refractivity (Wildman–Crippen MR) is 70.5 cm³/mol. The van der Waals surface area contributed by atoms with Crippen LogP contribution in [0.1, 0.15) is 25.0 Å². The molecule has 1 aromatic heterocycles. The van der Waals surface area contributed by atoms with E-state index in [2.05, 4.69) is 15.3 Å². The molecule has 1 aromatic rings. The minimum Gasteiger partial charge on any atom is -0.376 e. The number of halogens is 1. The molecule has 1 aliphatic heterocycles. The third-order valence-corrected chi connectivity index (χ3v) is 3.15. The van der Waals surface area contributed by atoms with E-state index in [1.807, 2.05) is 0 Å². The van der Waals surface area contributed by atoms with Gasteiger partial charge >= 0.3 is 5.69 Å². The third-order valence-electron chi connectivity index (χ3n) is 2.98. The Kier molecular flexibility index (Phi) is 4.49. The molecular weight excluding hydrogens is 272 g/mol. The lowest BCUT2D eigenvalue weighted by atomic mass is 10.1. The van der Waals surface area contributed by atoms with Crippen LogP contribution in [0.3, 0.4) is 0 Å². The molecule has 0 radical (unpaired) electrons. The predicted octanol–water partition coefficient (Wildman–Crippen LogP) is 2.33. The Balaban J connectivity index is 2.12. The number of hydrogen-bond donors (Lipinski definition) is 1. The van der Waals surface area contributed by atoms with Crippen LogP contribution in [-0.2, 0) is 4.74 Å². The van der Waals surface area contributed by atoms with E-state index in [4.69, 9.17) is 16.3 Å². The third kappa shape index (κ3) is 3.51. The summed E-state index contributed by atoms with van der Waals surface area (Å²) in [6.07, 6.45) is 3.17. The quantitative estimate of drug-likeness (QED) is 0.519. The molecule has 2 heterocycles. The highest BCUT2D eigenvalue weighted by Crippen LogP contribution is 2.26. The van der Waals surface area contributed by atoms with Crippen LogP contribution in [0, 0.1) is 17.0 Å². The van der Waals surface area contributed by atoms with Crippen LogP contribution in [0.15, 0.2) is 0 Å². The summed E-state index contributed by atoms with van der Waals surface area (Å²) in [4.78, 5) is 18.2. The lowest BCUT2D eigenvalue weighted by molar-refractivity contribution is -0.385. The van der Waals surface area contributed by atoms with E-state index in [1.54, 1.807) is 0 Å². The first kappa shape index (κ1) is 14.0. The fourth-order valence-electron chi connectivity index (χ4n) is 2.05. The van der Waals surface area contributed by atoms with Gasteiger partial charge in [-0.05, 0) is 37.8 Å². The number of nitrogens with zero attached hydrogens (tertiary/aromatic N) is 3. The monoisotopic (exact) mass is 286 g/mol. The molecule has 1 atom stereocenters. The first-order chi connectivity index (χ1) is 9.08. The van der Waals surface area contributed by atoms with Gasteiger partial charge in [-0.3, -0.25) is 10.1 Å². The summed E-state index contributed by atoms with van der Waals surface area (Å²) in [6, 6.07) is 0. The van der Waals surface area contributed by atoms with E-state index < -0.39 is 4.92 Å². The maximum Gasteiger partial charge on any atom is 0.332 e. The van der Waals surface area contributed by atoms with Crippen molar-refractivity contribution >= 4 is 23.1 Å². The van der Waals surface area contributed by atoms with Crippen molar-refractivity contribution in [1.29, 1.82) is 0 Å². The maximum atomic E-state index is 11.0. The van der Waals surface area contributed by atoms with Crippen molar-refractivity contribution in [3.63, 3.8) is 0 Å². The Hall–Kier alpha value is -1.47. The van der Waals surface area contributed by atoms with Crippen LogP contribution >= 0.6 is 11.6 Å². The molecule has 0 saturated carbocycles. The van der Waals surface area contributed by atoms with Crippen LogP contribution in [0.25, 0.3) is 0 Å². The topological polar surface area (TPSA) is 90.2 Å². The zero-order chi connectivity index (χ0) is 13.8. The molecule has 104 valence electrons. The second-order valence-corrected chi connectivity index (χ2v) is 4.74. The van der Waals surface area contributed by atoms with Gasteiger partial charge in [0.25, 0.3) is 0 Å². The summed E-state index contributed by atoms with van der Waals surface area (Å²) in [7, 11) is 0. The first-order valence-corrected chi connectivity index (χ1v) is 6.49. The average Bonchev–Trinajstić information content (AvgIpc) is 2.36. The molecule has 19 heavy (non-hydrogen) atoms. The highest BCUT2D eigenvalue weighted by Gasteiger charge is 2.23. The molecule has 1 unspecified atom stereocenters. The molecule has 1 fully saturated rings. The smallest absolute Gasteiger partial charge is 0.332 e. The molecule has 8 heteroatoms. The van der Waals surface area contributed by atoms with Crippen LogP contribution in [0.4, 0.5) is 11.5 Å². The zero-order valence-corrected chi connectivity index (χ0v) is 11.3. The normalized spacial score (nSPS) is 19.2. The van der Waals surface area contributed by atoms with Crippen LogP contribution in [0.2, 0.25) is 5.28 Å². The van der Waals surface area contributed by atoms with Gasteiger partial charge in [-0.25, -0.2) is 4.98 Å². The van der Waals surface area contributed by atoms with Gasteiger partial charge in [-0.15, -0.1) is 0 Å². The molecule has 2 rings (SSSR count). The Morgan fingerprint density at radius 1 is 1.53 bits per heavy atom. The second kappa shape index (κ2) is 6.12. The number of aromatic nitrogens is 2. The zero-order valence-electron chi connectivity index (χ0n) is 10.6. The van der Waals surface area contributed by atoms with Crippen molar-refractivity contribution in [2.45, 2.75) is 32.3 Å². The van der Waals surface area contributed by atoms with E-state index in [1.165, 1.54) is 6.92 Å². The largest absolute Gasteiger partial charge is 0.376 e. The van der Waals surface area contributed by atoms with Crippen LogP contribution in [0.5, 0.6) is 0 Å². The number of aryl methyl sites for hydroxylation is 1. The van der Waals surface area contributed by atoms with Gasteiger partial charge in [0.05, 0.1) is 11.0 Å². The fraction of sp³-hybridized carbons (Fsp3) is 0.636. The van der Waals surface area contributed by atoms with Crippen molar-refractivity contribution in [2.75, 3.05) is 18.5 Å². The van der Waals surface area contributed by atoms with Gasteiger partial charge in [-0.1, -0.05) is 0 Å². The van der Waals surface area contributed by atoms with E-state index in [-0.39, 0.29) is 28.6 Å². The number of ether oxygens (including phenoxy) is 1. The highest BCUT2D eigenvalue weighted by atomic mass is 35.5. The van der Waals surface area contributed by atoms with E-state index in [9.17, 15) is 10.1 Å². The van der Waals surface area contributed by atoms with E-state index in [0.29, 0.717) is 6.54 Å². The van der Waals surface area contributed by atoms with Crippen molar-refractivity contribution in [3.05, 3.63) is 21.1 Å². The van der Waals surface area contributed by atoms with Crippen LogP contribution < -0.4 is 5.32 Å². The second-order valence-electron chi connectivity index (χ2n) is 4.40. The molecule has 7 nitrogen and oxygen atoms in total. The van der Waals surface area contributed by atoms with Crippen molar-refractivity contribution in [3.8, 4) is 0 Å². The van der Waals surface area contributed by atoms with Gasteiger partial charge in [0.2, 0.25) is 11.1 Å². The summed E-state index contributed by atoms with van der Waals surface area (Å²) >= 11 is 5.73. The molecule has 1 saturated heterocycles. The number of nitrogens with one attached hydrogen (secondary N) is 1. The summed E-state index contributed by atoms with van der Waals surface area (Å²) in [6.45, 7) is 2.75. The Morgan fingerprint density at radius 2 is 2.32 bits per heavy atom. The van der Waals surface area contributed by atoms with Gasteiger partial charge in [-0.2, -0.15) is 4.98 Å². The Bertz CT molecular complexity index is 477. The summed E-state index contributed by atoms with van der Waals surface area (Å²) < 4.78 is 5.55. The van der Waals surface area contributed by atoms with E-state index >= 15 is 0 Å². The van der Waals surface area contributed by atoms with Crippen molar-refractivity contribution in [2.24, 2.45) is 0 Å². The Morgan fingerprint density at radius 3 is 2.95 bits per heavy atom. The lowest BCUT2D eigenvalue weighted by Crippen LogP contribution is -2.27. The van der Waals surface area contributed by atoms with E-state index in [0.717, 1.165) is 25.9 Å². The van der Waals surface area contributed by atoms with Gasteiger partial charge in [0.1, 0.15) is 5.69 Å². The fourth-order valence-corrected chi connectivity index (χ4v) is 2.26. The number of anilines is 1. The summed E-state index contributed by atoms with van der Waals surface area (Å²) in [5, 5.41) is 14.0. The molecule has 0 spiro atoms.